The Balaban J connectivity index is 1.62. The van der Waals surface area contributed by atoms with Crippen molar-refractivity contribution in [3.8, 4) is 5.75 Å². The van der Waals surface area contributed by atoms with Crippen LogP contribution in [0.4, 0.5) is 5.13 Å². The first-order valence-electron chi connectivity index (χ1n) is 9.29. The zero-order valence-corrected chi connectivity index (χ0v) is 18.5. The lowest BCUT2D eigenvalue weighted by Crippen LogP contribution is -2.34. The van der Waals surface area contributed by atoms with E-state index >= 15 is 0 Å². The van der Waals surface area contributed by atoms with Crippen LogP contribution in [0.15, 0.2) is 66.7 Å². The summed E-state index contributed by atoms with van der Waals surface area (Å²) in [6.45, 7) is 2.25. The zero-order chi connectivity index (χ0) is 21.1. The maximum atomic E-state index is 13.2. The van der Waals surface area contributed by atoms with Gasteiger partial charge in [0.2, 0.25) is 0 Å². The highest BCUT2D eigenvalue weighted by molar-refractivity contribution is 7.22. The molecule has 0 unspecified atom stereocenters. The third kappa shape index (κ3) is 4.59. The van der Waals surface area contributed by atoms with E-state index in [1.54, 1.807) is 23.1 Å². The number of benzene rings is 3. The molecule has 1 heterocycles. The van der Waals surface area contributed by atoms with Crippen molar-refractivity contribution in [3.63, 3.8) is 0 Å². The van der Waals surface area contributed by atoms with Crippen molar-refractivity contribution in [3.05, 3.63) is 87.9 Å². The van der Waals surface area contributed by atoms with Crippen LogP contribution in [0.5, 0.6) is 5.75 Å². The van der Waals surface area contributed by atoms with Crippen molar-refractivity contribution in [2.75, 3.05) is 11.5 Å². The number of carbonyl (C=O) groups excluding carboxylic acids is 1. The number of para-hydroxylation sites is 1. The van der Waals surface area contributed by atoms with Crippen LogP contribution in [0.1, 0.15) is 11.1 Å². The molecule has 0 aliphatic heterocycles. The molecule has 1 amide bonds. The fourth-order valence-corrected chi connectivity index (χ4v) is 4.55. The second-order valence-electron chi connectivity index (χ2n) is 6.75. The predicted molar refractivity (Wildman–Crippen MR) is 124 cm³/mol. The molecule has 3 aromatic carbocycles. The molecule has 0 bridgehead atoms. The number of aryl methyl sites for hydroxylation is 1. The maximum absolute atomic E-state index is 13.2. The quantitative estimate of drug-likeness (QED) is 0.331. The van der Waals surface area contributed by atoms with Crippen LogP contribution in [0.2, 0.25) is 10.0 Å². The number of rotatable bonds is 6. The number of nitrogens with zero attached hydrogens (tertiary/aromatic N) is 2. The second-order valence-corrected chi connectivity index (χ2v) is 8.60. The standard InChI is InChI=1S/C23H18Cl2N2O2S/c1-15-6-5-9-20-22(15)26-23(30-20)27(13-16-7-3-2-4-8-16)21(28)14-29-19-11-10-17(24)12-18(19)25/h2-12H,13-14H2,1H3. The minimum absolute atomic E-state index is 0.164. The van der Waals surface area contributed by atoms with E-state index in [0.29, 0.717) is 27.5 Å². The number of hydrogen-bond acceptors (Lipinski definition) is 4. The van der Waals surface area contributed by atoms with Crippen LogP contribution in [0, 0.1) is 6.92 Å². The van der Waals surface area contributed by atoms with E-state index in [1.165, 1.54) is 11.3 Å². The van der Waals surface area contributed by atoms with Gasteiger partial charge in [-0.3, -0.25) is 9.69 Å². The number of ether oxygens (including phenoxy) is 1. The summed E-state index contributed by atoms with van der Waals surface area (Å²) < 4.78 is 6.73. The number of anilines is 1. The van der Waals surface area contributed by atoms with Gasteiger partial charge >= 0.3 is 0 Å². The van der Waals surface area contributed by atoms with Crippen LogP contribution >= 0.6 is 34.5 Å². The number of aromatic nitrogens is 1. The van der Waals surface area contributed by atoms with Gasteiger partial charge in [-0.15, -0.1) is 0 Å². The summed E-state index contributed by atoms with van der Waals surface area (Å²) in [5.74, 6) is 0.204. The normalized spacial score (nSPS) is 10.9. The molecular formula is C23H18Cl2N2O2S. The molecule has 30 heavy (non-hydrogen) atoms. The largest absolute Gasteiger partial charge is 0.482 e. The van der Waals surface area contributed by atoms with Gasteiger partial charge in [-0.1, -0.05) is 77.0 Å². The van der Waals surface area contributed by atoms with Gasteiger partial charge in [-0.2, -0.15) is 0 Å². The number of halogens is 2. The summed E-state index contributed by atoms with van der Waals surface area (Å²) in [4.78, 5) is 19.6. The monoisotopic (exact) mass is 456 g/mol. The minimum Gasteiger partial charge on any atom is -0.482 e. The van der Waals surface area contributed by atoms with E-state index in [0.717, 1.165) is 21.3 Å². The molecule has 4 aromatic rings. The van der Waals surface area contributed by atoms with Gasteiger partial charge in [0.05, 0.1) is 21.8 Å². The van der Waals surface area contributed by atoms with Crippen molar-refractivity contribution in [1.29, 1.82) is 0 Å². The molecule has 0 aliphatic carbocycles. The molecule has 0 spiro atoms. The van der Waals surface area contributed by atoms with Crippen LogP contribution in [0.25, 0.3) is 10.2 Å². The summed E-state index contributed by atoms with van der Waals surface area (Å²) >= 11 is 13.6. The zero-order valence-electron chi connectivity index (χ0n) is 16.1. The summed E-state index contributed by atoms with van der Waals surface area (Å²) in [5.41, 5.74) is 2.99. The molecule has 0 saturated carbocycles. The minimum atomic E-state index is -0.207. The fraction of sp³-hybridized carbons (Fsp3) is 0.130. The van der Waals surface area contributed by atoms with Gasteiger partial charge in [0, 0.05) is 5.02 Å². The van der Waals surface area contributed by atoms with Gasteiger partial charge in [0.25, 0.3) is 5.91 Å². The topological polar surface area (TPSA) is 42.4 Å². The van der Waals surface area contributed by atoms with Crippen molar-refractivity contribution in [1.82, 2.24) is 4.98 Å². The second kappa shape index (κ2) is 9.04. The fourth-order valence-electron chi connectivity index (χ4n) is 3.03. The van der Waals surface area contributed by atoms with Crippen molar-refractivity contribution < 1.29 is 9.53 Å². The first kappa shape index (κ1) is 20.7. The van der Waals surface area contributed by atoms with Gasteiger partial charge in [-0.05, 0) is 42.3 Å². The Morgan fingerprint density at radius 1 is 1.07 bits per heavy atom. The molecule has 4 rings (SSSR count). The smallest absolute Gasteiger partial charge is 0.267 e. The lowest BCUT2D eigenvalue weighted by atomic mass is 10.2. The average molecular weight is 457 g/mol. The van der Waals surface area contributed by atoms with Crippen LogP contribution in [0.3, 0.4) is 0 Å². The van der Waals surface area contributed by atoms with E-state index in [4.69, 9.17) is 32.9 Å². The number of amides is 1. The molecule has 4 nitrogen and oxygen atoms in total. The average Bonchev–Trinajstić information content (AvgIpc) is 3.17. The molecule has 0 fully saturated rings. The van der Waals surface area contributed by atoms with Gasteiger partial charge in [0.1, 0.15) is 5.75 Å². The van der Waals surface area contributed by atoms with E-state index < -0.39 is 0 Å². The lowest BCUT2D eigenvalue weighted by molar-refractivity contribution is -0.120. The van der Waals surface area contributed by atoms with Crippen molar-refractivity contribution >= 4 is 55.8 Å². The number of hydrogen-bond donors (Lipinski definition) is 0. The molecule has 0 atom stereocenters. The van der Waals surface area contributed by atoms with Gasteiger partial charge < -0.3 is 4.74 Å². The van der Waals surface area contributed by atoms with E-state index in [-0.39, 0.29) is 12.5 Å². The summed E-state index contributed by atoms with van der Waals surface area (Å²) in [6, 6.07) is 20.7. The van der Waals surface area contributed by atoms with Crippen LogP contribution in [-0.2, 0) is 11.3 Å². The number of carbonyl (C=O) groups is 1. The van der Waals surface area contributed by atoms with Gasteiger partial charge in [0.15, 0.2) is 11.7 Å². The summed E-state index contributed by atoms with van der Waals surface area (Å²) in [7, 11) is 0. The van der Waals surface area contributed by atoms with E-state index in [9.17, 15) is 4.79 Å². The Bertz CT molecular complexity index is 1190. The van der Waals surface area contributed by atoms with Gasteiger partial charge in [-0.25, -0.2) is 4.98 Å². The van der Waals surface area contributed by atoms with Crippen molar-refractivity contribution in [2.45, 2.75) is 13.5 Å². The first-order valence-corrected chi connectivity index (χ1v) is 10.9. The number of fused-ring (bicyclic) bond motifs is 1. The highest BCUT2D eigenvalue weighted by Crippen LogP contribution is 2.32. The molecule has 0 aliphatic rings. The SMILES string of the molecule is Cc1cccc2sc(N(Cc3ccccc3)C(=O)COc3ccc(Cl)cc3Cl)nc12. The highest BCUT2D eigenvalue weighted by atomic mass is 35.5. The Hall–Kier alpha value is -2.60. The molecule has 0 N–H and O–H groups in total. The molecule has 0 saturated heterocycles. The summed E-state index contributed by atoms with van der Waals surface area (Å²) in [6.07, 6.45) is 0. The predicted octanol–water partition coefficient (Wildman–Crippen LogP) is 6.52. The highest BCUT2D eigenvalue weighted by Gasteiger charge is 2.21. The Kier molecular flexibility index (Phi) is 6.23. The molecule has 0 radical (unpaired) electrons. The molecular weight excluding hydrogens is 439 g/mol. The first-order chi connectivity index (χ1) is 14.5. The molecule has 7 heteroatoms. The Morgan fingerprint density at radius 2 is 1.87 bits per heavy atom. The Labute approximate surface area is 188 Å². The van der Waals surface area contributed by atoms with Crippen molar-refractivity contribution in [2.24, 2.45) is 0 Å². The maximum Gasteiger partial charge on any atom is 0.267 e. The van der Waals surface area contributed by atoms with E-state index in [1.807, 2.05) is 55.5 Å². The van der Waals surface area contributed by atoms with E-state index in [2.05, 4.69) is 0 Å². The molecule has 1 aromatic heterocycles. The molecule has 152 valence electrons. The third-order valence-electron chi connectivity index (χ3n) is 4.57. The third-order valence-corrected chi connectivity index (χ3v) is 6.14. The summed E-state index contributed by atoms with van der Waals surface area (Å²) in [5, 5.41) is 1.51. The van der Waals surface area contributed by atoms with Crippen LogP contribution in [-0.4, -0.2) is 17.5 Å². The number of thiazole rings is 1. The Morgan fingerprint density at radius 3 is 2.60 bits per heavy atom. The van der Waals surface area contributed by atoms with Crippen LogP contribution < -0.4 is 9.64 Å². The lowest BCUT2D eigenvalue weighted by Gasteiger charge is -2.20.